The molecule has 3 aromatic rings. The Bertz CT molecular complexity index is 839. The molecule has 2 aromatic carbocycles. The number of benzene rings is 2. The molecule has 0 fully saturated rings. The van der Waals surface area contributed by atoms with Crippen molar-refractivity contribution in [1.82, 2.24) is 9.36 Å². The first-order chi connectivity index (χ1) is 11.2. The summed E-state index contributed by atoms with van der Waals surface area (Å²) >= 11 is 0. The fourth-order valence-electron chi connectivity index (χ4n) is 2.72. The van der Waals surface area contributed by atoms with Gasteiger partial charge in [-0.1, -0.05) is 49.7 Å². The zero-order valence-corrected chi connectivity index (χ0v) is 14.4. The van der Waals surface area contributed by atoms with E-state index in [0.29, 0.717) is 12.0 Å². The number of aromatic nitrogens is 2. The van der Waals surface area contributed by atoms with Crippen LogP contribution >= 0.6 is 0 Å². The predicted molar refractivity (Wildman–Crippen MR) is 91.6 cm³/mol. The van der Waals surface area contributed by atoms with Crippen molar-refractivity contribution in [2.24, 2.45) is 0 Å². The van der Waals surface area contributed by atoms with Crippen LogP contribution in [0.1, 0.15) is 25.3 Å². The fraction of sp³-hybridized carbons (Fsp3) is 0.211. The summed E-state index contributed by atoms with van der Waals surface area (Å²) in [5.41, 5.74) is 1.80. The molecule has 4 nitrogen and oxygen atoms in total. The van der Waals surface area contributed by atoms with Crippen LogP contribution in [-0.2, 0) is 23.5 Å². The van der Waals surface area contributed by atoms with E-state index in [1.807, 2.05) is 60.7 Å². The molecule has 24 heavy (non-hydrogen) atoms. The number of nitrogens with zero attached hydrogens (tertiary/aromatic N) is 2. The third kappa shape index (κ3) is 3.32. The molecule has 0 bridgehead atoms. The first kappa shape index (κ1) is 18.1. The minimum atomic E-state index is -0.161. The Morgan fingerprint density at radius 2 is 1.38 bits per heavy atom. The van der Waals surface area contributed by atoms with Crippen molar-refractivity contribution in [3.63, 3.8) is 0 Å². The normalized spacial score (nSPS) is 10.4. The number of aromatic hydroxyl groups is 1. The third-order valence-electron chi connectivity index (χ3n) is 3.90. The van der Waals surface area contributed by atoms with Crippen LogP contribution in [-0.4, -0.2) is 14.5 Å². The van der Waals surface area contributed by atoms with Crippen LogP contribution < -0.4 is 5.56 Å². The van der Waals surface area contributed by atoms with Crippen LogP contribution in [0.15, 0.2) is 65.5 Å². The quantitative estimate of drug-likeness (QED) is 0.695. The molecular weight excluding hydrogens is 352 g/mol. The molecule has 0 aliphatic heterocycles. The molecule has 1 radical (unpaired) electrons. The Balaban J connectivity index is 0.00000208. The van der Waals surface area contributed by atoms with Crippen LogP contribution in [0.25, 0.3) is 11.4 Å². The van der Waals surface area contributed by atoms with Crippen molar-refractivity contribution in [2.45, 2.75) is 26.2 Å². The van der Waals surface area contributed by atoms with E-state index in [1.165, 1.54) is 4.68 Å². The van der Waals surface area contributed by atoms with E-state index < -0.39 is 0 Å². The van der Waals surface area contributed by atoms with Gasteiger partial charge in [-0.3, -0.25) is 4.79 Å². The number of hydrogen-bond acceptors (Lipinski definition) is 2. The minimum Gasteiger partial charge on any atom is -0.493 e. The van der Waals surface area contributed by atoms with Crippen LogP contribution in [0.2, 0.25) is 0 Å². The molecule has 0 aliphatic carbocycles. The van der Waals surface area contributed by atoms with E-state index in [4.69, 9.17) is 0 Å². The summed E-state index contributed by atoms with van der Waals surface area (Å²) in [6.45, 7) is 2.07. The maximum atomic E-state index is 12.9. The van der Waals surface area contributed by atoms with Gasteiger partial charge in [-0.2, -0.15) is 0 Å². The van der Waals surface area contributed by atoms with Crippen molar-refractivity contribution < 1.29 is 22.2 Å². The Labute approximate surface area is 151 Å². The van der Waals surface area contributed by atoms with Gasteiger partial charge in [-0.05, 0) is 37.1 Å². The predicted octanol–water partition coefficient (Wildman–Crippen LogP) is 3.67. The minimum absolute atomic E-state index is 0. The molecule has 0 saturated heterocycles. The van der Waals surface area contributed by atoms with Crippen LogP contribution in [0.3, 0.4) is 0 Å². The van der Waals surface area contributed by atoms with Crippen molar-refractivity contribution in [3.8, 4) is 17.3 Å². The van der Waals surface area contributed by atoms with Gasteiger partial charge >= 0.3 is 17.1 Å². The SMILES string of the molecule is CCCCc1c(O)n(-c2ccccc2)n(-c2ccccc2)c1=O.[Cu+2]. The van der Waals surface area contributed by atoms with Gasteiger partial charge < -0.3 is 5.11 Å². The summed E-state index contributed by atoms with van der Waals surface area (Å²) in [6.07, 6.45) is 2.42. The smallest absolute Gasteiger partial charge is 0.493 e. The number of rotatable bonds is 5. The van der Waals surface area contributed by atoms with Crippen molar-refractivity contribution in [2.75, 3.05) is 0 Å². The molecule has 1 heterocycles. The number of unbranched alkanes of at least 4 members (excludes halogenated alkanes) is 1. The fourth-order valence-corrected chi connectivity index (χ4v) is 2.72. The van der Waals surface area contributed by atoms with Crippen LogP contribution in [0.5, 0.6) is 5.88 Å². The molecule has 1 aromatic heterocycles. The van der Waals surface area contributed by atoms with Crippen molar-refractivity contribution >= 4 is 0 Å². The molecule has 0 unspecified atom stereocenters. The van der Waals surface area contributed by atoms with Gasteiger partial charge in [-0.15, -0.1) is 0 Å². The molecule has 0 spiro atoms. The molecule has 0 atom stereocenters. The Kier molecular flexibility index (Phi) is 6.07. The van der Waals surface area contributed by atoms with E-state index in [2.05, 4.69) is 6.92 Å². The molecule has 1 N–H and O–H groups in total. The van der Waals surface area contributed by atoms with E-state index >= 15 is 0 Å². The van der Waals surface area contributed by atoms with Gasteiger partial charge in [-0.25, -0.2) is 9.36 Å². The Morgan fingerprint density at radius 1 is 0.875 bits per heavy atom. The molecule has 5 heteroatoms. The molecule has 3 rings (SSSR count). The van der Waals surface area contributed by atoms with E-state index in [0.717, 1.165) is 24.2 Å². The maximum Gasteiger partial charge on any atom is 2.00 e. The van der Waals surface area contributed by atoms with Gasteiger partial charge in [0.05, 0.1) is 16.9 Å². The Morgan fingerprint density at radius 3 is 1.88 bits per heavy atom. The summed E-state index contributed by atoms with van der Waals surface area (Å²) in [4.78, 5) is 12.9. The van der Waals surface area contributed by atoms with Crippen LogP contribution in [0, 0.1) is 0 Å². The molecular formula is C19H20CuN2O2+2. The van der Waals surface area contributed by atoms with E-state index in [9.17, 15) is 9.90 Å². The summed E-state index contributed by atoms with van der Waals surface area (Å²) < 4.78 is 3.12. The third-order valence-corrected chi connectivity index (χ3v) is 3.90. The van der Waals surface area contributed by atoms with Gasteiger partial charge in [0, 0.05) is 0 Å². The first-order valence-corrected chi connectivity index (χ1v) is 7.90. The second-order valence-electron chi connectivity index (χ2n) is 5.51. The summed E-state index contributed by atoms with van der Waals surface area (Å²) in [5.74, 6) is 0.0264. The zero-order valence-electron chi connectivity index (χ0n) is 13.4. The van der Waals surface area contributed by atoms with Crippen molar-refractivity contribution in [3.05, 3.63) is 76.6 Å². The summed E-state index contributed by atoms with van der Waals surface area (Å²) in [6, 6.07) is 18.8. The van der Waals surface area contributed by atoms with Crippen LogP contribution in [0.4, 0.5) is 0 Å². The topological polar surface area (TPSA) is 47.2 Å². The maximum absolute atomic E-state index is 12.9. The molecule has 0 saturated carbocycles. The van der Waals surface area contributed by atoms with Crippen molar-refractivity contribution in [1.29, 1.82) is 0 Å². The second-order valence-corrected chi connectivity index (χ2v) is 5.51. The van der Waals surface area contributed by atoms with Gasteiger partial charge in [0.1, 0.15) is 0 Å². The average molecular weight is 372 g/mol. The van der Waals surface area contributed by atoms with Gasteiger partial charge in [0.25, 0.3) is 5.56 Å². The second kappa shape index (κ2) is 8.04. The standard InChI is InChI=1S/C19H20N2O2.Cu/c1-2-3-14-17-18(22)20(15-10-6-4-7-11-15)21(19(17)23)16-12-8-5-9-13-16;/h4-13,22H,2-3,14H2,1H3;/q;+2. The number of para-hydroxylation sites is 2. The summed E-state index contributed by atoms with van der Waals surface area (Å²) in [7, 11) is 0. The Hall–Kier alpha value is -2.23. The molecule has 0 amide bonds. The largest absolute Gasteiger partial charge is 2.00 e. The van der Waals surface area contributed by atoms with E-state index in [1.54, 1.807) is 4.68 Å². The molecule has 127 valence electrons. The first-order valence-electron chi connectivity index (χ1n) is 7.90. The summed E-state index contributed by atoms with van der Waals surface area (Å²) in [5, 5.41) is 10.7. The molecule has 0 aliphatic rings. The zero-order chi connectivity index (χ0) is 16.2. The van der Waals surface area contributed by atoms with E-state index in [-0.39, 0.29) is 28.5 Å². The van der Waals surface area contributed by atoms with Gasteiger partial charge in [0.15, 0.2) is 0 Å². The van der Waals surface area contributed by atoms with Gasteiger partial charge in [0.2, 0.25) is 5.88 Å². The number of hydrogen-bond donors (Lipinski definition) is 1. The average Bonchev–Trinajstić information content (AvgIpc) is 2.85. The monoisotopic (exact) mass is 371 g/mol.